The Hall–Kier alpha value is -6.03. The molecule has 0 bridgehead atoms. The lowest BCUT2D eigenvalue weighted by molar-refractivity contribution is 0.712. The summed E-state index contributed by atoms with van der Waals surface area (Å²) in [6, 6.07) is 44.3. The Bertz CT molecular complexity index is 2770. The van der Waals surface area contributed by atoms with Gasteiger partial charge in [0, 0.05) is 27.5 Å². The Kier molecular flexibility index (Phi) is 7.95. The predicted octanol–water partition coefficient (Wildman–Crippen LogP) is 13.7. The summed E-state index contributed by atoms with van der Waals surface area (Å²) < 4.78 is 0. The smallest absolute Gasteiger partial charge is 0.0689 e. The molecular formula is C55H44N2S. The summed E-state index contributed by atoms with van der Waals surface area (Å²) in [6.45, 7) is 0. The first kappa shape index (κ1) is 34.0. The molecule has 12 rings (SSSR count). The van der Waals surface area contributed by atoms with Gasteiger partial charge in [0.1, 0.15) is 0 Å². The zero-order valence-electron chi connectivity index (χ0n) is 32.5. The normalized spacial score (nSPS) is 24.1. The third kappa shape index (κ3) is 4.99. The summed E-state index contributed by atoms with van der Waals surface area (Å²) in [5.74, 6) is 0. The lowest BCUT2D eigenvalue weighted by Crippen LogP contribution is -2.41. The van der Waals surface area contributed by atoms with E-state index in [0.29, 0.717) is 5.25 Å². The average molecular weight is 765 g/mol. The van der Waals surface area contributed by atoms with Gasteiger partial charge in [0.15, 0.2) is 0 Å². The number of nitrogens with zero attached hydrogens (tertiary/aromatic N) is 2. The van der Waals surface area contributed by atoms with Crippen molar-refractivity contribution < 1.29 is 0 Å². The van der Waals surface area contributed by atoms with Crippen LogP contribution in [0.25, 0.3) is 22.3 Å². The van der Waals surface area contributed by atoms with Crippen LogP contribution in [0.5, 0.6) is 0 Å². The van der Waals surface area contributed by atoms with Gasteiger partial charge in [-0.2, -0.15) is 0 Å². The Balaban J connectivity index is 1.00. The van der Waals surface area contributed by atoms with E-state index in [1.165, 1.54) is 77.7 Å². The molecule has 4 unspecified atom stereocenters. The van der Waals surface area contributed by atoms with E-state index in [4.69, 9.17) is 0 Å². The van der Waals surface area contributed by atoms with Gasteiger partial charge >= 0.3 is 0 Å². The minimum Gasteiger partial charge on any atom is -0.338 e. The number of allylic oxidation sites excluding steroid dienone is 12. The van der Waals surface area contributed by atoms with Crippen LogP contribution in [0.15, 0.2) is 204 Å². The second-order valence-corrected chi connectivity index (χ2v) is 17.6. The topological polar surface area (TPSA) is 6.48 Å². The maximum absolute atomic E-state index is 2.66. The lowest BCUT2D eigenvalue weighted by Gasteiger charge is -2.43. The fourth-order valence-corrected chi connectivity index (χ4v) is 12.4. The van der Waals surface area contributed by atoms with Gasteiger partial charge < -0.3 is 9.80 Å². The van der Waals surface area contributed by atoms with Gasteiger partial charge in [-0.25, -0.2) is 0 Å². The molecule has 5 aromatic rings. The van der Waals surface area contributed by atoms with Gasteiger partial charge in [-0.1, -0.05) is 146 Å². The number of para-hydroxylation sites is 2. The molecule has 0 fully saturated rings. The molecule has 0 amide bonds. The van der Waals surface area contributed by atoms with E-state index in [2.05, 4.69) is 198 Å². The number of benzene rings is 5. The SMILES string of the molecule is C1=CCCC(N(c2ccccc2)C2C=CC(c3ccc4c(c3)C3(C5=C(C=CCC5)c5c(N6c7ccccc7SC7C=CC=CC76)cccc53)c3ccccc3-4)=CC2)=C1. The quantitative estimate of drug-likeness (QED) is 0.176. The fraction of sp³-hybridized carbons (Fsp3) is 0.164. The van der Waals surface area contributed by atoms with Gasteiger partial charge in [-0.05, 0) is 125 Å². The number of fused-ring (bicyclic) bond motifs is 11. The molecule has 5 aromatic carbocycles. The first-order valence-corrected chi connectivity index (χ1v) is 21.9. The van der Waals surface area contributed by atoms with Crippen LogP contribution < -0.4 is 9.80 Å². The first-order chi connectivity index (χ1) is 28.8. The van der Waals surface area contributed by atoms with E-state index >= 15 is 0 Å². The second-order valence-electron chi connectivity index (χ2n) is 16.4. The molecule has 2 nitrogen and oxygen atoms in total. The molecule has 7 aliphatic rings. The van der Waals surface area contributed by atoms with Crippen molar-refractivity contribution in [3.05, 3.63) is 227 Å². The standard InChI is InChI=1S/C55H44N2S/c1-3-16-39(17-4-1)56(40-18-5-2-6-19-40)41-33-30-37(31-34-41)38-32-35-43-42-20-7-9-22-45(42)55(48(43)36-38)46-23-10-8-21-44(46)54-47(55)24-15-27-51(54)57-49-25-11-13-28-52(49)58-53-29-14-12-26-50(53)57/h1-5,7-9,11-18,20-22,24-33,35-36,41,49,52H,6,10,19,23,34H2. The van der Waals surface area contributed by atoms with Gasteiger partial charge in [-0.3, -0.25) is 0 Å². The first-order valence-electron chi connectivity index (χ1n) is 21.1. The van der Waals surface area contributed by atoms with E-state index in [0.717, 1.165) is 32.1 Å². The highest BCUT2D eigenvalue weighted by Gasteiger charge is 2.54. The van der Waals surface area contributed by atoms with E-state index in [1.807, 2.05) is 11.8 Å². The summed E-state index contributed by atoms with van der Waals surface area (Å²) in [7, 11) is 0. The van der Waals surface area contributed by atoms with Gasteiger partial charge in [0.2, 0.25) is 0 Å². The number of thioether (sulfide) groups is 1. The minimum atomic E-state index is -0.355. The molecule has 0 aromatic heterocycles. The lowest BCUT2D eigenvalue weighted by atomic mass is 9.68. The molecule has 1 heterocycles. The Labute approximate surface area is 346 Å². The van der Waals surface area contributed by atoms with Crippen LogP contribution >= 0.6 is 11.8 Å². The molecule has 58 heavy (non-hydrogen) atoms. The fourth-order valence-electron chi connectivity index (χ4n) is 11.1. The minimum absolute atomic E-state index is 0.233. The second kappa shape index (κ2) is 13.5. The van der Waals surface area contributed by atoms with Crippen molar-refractivity contribution >= 4 is 40.0 Å². The highest BCUT2D eigenvalue weighted by atomic mass is 32.2. The summed E-state index contributed by atoms with van der Waals surface area (Å²) in [6.07, 6.45) is 33.5. The van der Waals surface area contributed by atoms with Crippen LogP contribution in [0.2, 0.25) is 0 Å². The van der Waals surface area contributed by atoms with Gasteiger partial charge in [-0.15, -0.1) is 11.8 Å². The zero-order valence-corrected chi connectivity index (χ0v) is 33.3. The monoisotopic (exact) mass is 764 g/mol. The van der Waals surface area contributed by atoms with Gasteiger partial charge in [0.05, 0.1) is 28.4 Å². The van der Waals surface area contributed by atoms with Crippen molar-refractivity contribution in [1.29, 1.82) is 0 Å². The highest BCUT2D eigenvalue weighted by molar-refractivity contribution is 8.00. The number of hydrogen-bond donors (Lipinski definition) is 0. The highest BCUT2D eigenvalue weighted by Crippen LogP contribution is 2.65. The van der Waals surface area contributed by atoms with Crippen LogP contribution in [-0.4, -0.2) is 17.3 Å². The largest absolute Gasteiger partial charge is 0.338 e. The maximum atomic E-state index is 2.66. The molecule has 0 saturated heterocycles. The number of hydrogen-bond acceptors (Lipinski definition) is 3. The third-order valence-electron chi connectivity index (χ3n) is 13.5. The van der Waals surface area contributed by atoms with Crippen molar-refractivity contribution in [2.24, 2.45) is 0 Å². The molecule has 0 saturated carbocycles. The molecule has 280 valence electrons. The molecule has 1 aliphatic heterocycles. The molecular weight excluding hydrogens is 721 g/mol. The average Bonchev–Trinajstić information content (AvgIpc) is 3.76. The maximum Gasteiger partial charge on any atom is 0.0689 e. The molecule has 1 spiro atoms. The van der Waals surface area contributed by atoms with Crippen LogP contribution in [0, 0.1) is 0 Å². The summed E-state index contributed by atoms with van der Waals surface area (Å²) >= 11 is 1.99. The predicted molar refractivity (Wildman–Crippen MR) is 245 cm³/mol. The van der Waals surface area contributed by atoms with Crippen LogP contribution in [-0.2, 0) is 5.41 Å². The Morgan fingerprint density at radius 2 is 1.47 bits per heavy atom. The molecule has 4 atom stereocenters. The number of rotatable bonds is 5. The summed E-state index contributed by atoms with van der Waals surface area (Å²) in [5, 5.41) is 0.351. The van der Waals surface area contributed by atoms with Crippen LogP contribution in [0.3, 0.4) is 0 Å². The van der Waals surface area contributed by atoms with Crippen molar-refractivity contribution in [2.75, 3.05) is 9.80 Å². The molecule has 6 aliphatic carbocycles. The van der Waals surface area contributed by atoms with Crippen molar-refractivity contribution in [3.63, 3.8) is 0 Å². The van der Waals surface area contributed by atoms with E-state index in [9.17, 15) is 0 Å². The van der Waals surface area contributed by atoms with Crippen LogP contribution in [0.1, 0.15) is 59.9 Å². The van der Waals surface area contributed by atoms with E-state index < -0.39 is 0 Å². The summed E-state index contributed by atoms with van der Waals surface area (Å²) in [5.41, 5.74) is 18.9. The molecule has 0 N–H and O–H groups in total. The Morgan fingerprint density at radius 3 is 2.36 bits per heavy atom. The number of anilines is 3. The van der Waals surface area contributed by atoms with Crippen LogP contribution in [0.4, 0.5) is 17.1 Å². The van der Waals surface area contributed by atoms with Gasteiger partial charge in [0.25, 0.3) is 0 Å². The Morgan fingerprint density at radius 1 is 0.655 bits per heavy atom. The van der Waals surface area contributed by atoms with Crippen molar-refractivity contribution in [1.82, 2.24) is 0 Å². The molecule has 0 radical (unpaired) electrons. The van der Waals surface area contributed by atoms with E-state index in [-0.39, 0.29) is 17.5 Å². The summed E-state index contributed by atoms with van der Waals surface area (Å²) in [4.78, 5) is 6.56. The molecule has 3 heteroatoms. The third-order valence-corrected chi connectivity index (χ3v) is 14.8. The van der Waals surface area contributed by atoms with Crippen molar-refractivity contribution in [2.45, 2.75) is 59.7 Å². The zero-order chi connectivity index (χ0) is 38.2. The van der Waals surface area contributed by atoms with E-state index in [1.54, 1.807) is 5.57 Å². The van der Waals surface area contributed by atoms with Crippen molar-refractivity contribution in [3.8, 4) is 11.1 Å².